The van der Waals surface area contributed by atoms with E-state index in [1.807, 2.05) is 0 Å². The Morgan fingerprint density at radius 2 is 0.953 bits per heavy atom. The van der Waals surface area contributed by atoms with Crippen LogP contribution in [0.5, 0.6) is 0 Å². The summed E-state index contributed by atoms with van der Waals surface area (Å²) >= 11 is 12.6. The fourth-order valence-electron chi connectivity index (χ4n) is 6.62. The molecule has 0 atom stereocenters. The zero-order valence-corrected chi connectivity index (χ0v) is 52.8. The van der Waals surface area contributed by atoms with Crippen molar-refractivity contribution in [1.29, 1.82) is 0 Å². The third kappa shape index (κ3) is 27.0. The number of nitrogens with zero attached hydrogens (tertiary/aromatic N) is 4. The van der Waals surface area contributed by atoms with E-state index in [0.29, 0.717) is 23.2 Å². The predicted molar refractivity (Wildman–Crippen MR) is 330 cm³/mol. The maximum absolute atomic E-state index is 12.5. The van der Waals surface area contributed by atoms with Crippen LogP contribution in [0.2, 0.25) is 0 Å². The number of benzene rings is 4. The summed E-state index contributed by atoms with van der Waals surface area (Å²) in [5, 5.41) is 60.5. The fourth-order valence-corrected chi connectivity index (χ4v) is 9.44. The molecule has 0 unspecified atom stereocenters. The van der Waals surface area contributed by atoms with Crippen molar-refractivity contribution in [3.05, 3.63) is 154 Å². The molecule has 4 aromatic carbocycles. The summed E-state index contributed by atoms with van der Waals surface area (Å²) in [5.41, 5.74) is -0.785. The fraction of sp³-hybridized carbons (Fsp3) is 0.481. The van der Waals surface area contributed by atoms with E-state index in [0.717, 1.165) is 41.4 Å². The topological polar surface area (TPSA) is 337 Å². The normalized spacial score (nSPS) is 12.2. The number of nitro groups is 4. The van der Waals surface area contributed by atoms with Crippen molar-refractivity contribution in [1.82, 2.24) is 0 Å². The third-order valence-electron chi connectivity index (χ3n) is 11.5. The minimum atomic E-state index is -1.71. The molecule has 0 aliphatic carbocycles. The molecule has 0 bridgehead atoms. The minimum absolute atomic E-state index is 0. The zero-order chi connectivity index (χ0) is 61.8. The van der Waals surface area contributed by atoms with Crippen LogP contribution in [0.25, 0.3) is 0 Å². The van der Waals surface area contributed by atoms with Crippen LogP contribution in [0.4, 0.5) is 27.1 Å². The molecule has 2 heterocycles. The first-order valence-corrected chi connectivity index (χ1v) is 27.6. The van der Waals surface area contributed by atoms with E-state index >= 15 is 0 Å². The Balaban J connectivity index is -0.000000312. The zero-order valence-electron chi connectivity index (χ0n) is 47.4. The van der Waals surface area contributed by atoms with Gasteiger partial charge in [0.1, 0.15) is 5.82 Å². The molecule has 2 fully saturated rings. The molecule has 470 valence electrons. The van der Waals surface area contributed by atoms with Crippen molar-refractivity contribution in [2.24, 2.45) is 5.92 Å². The second-order valence-electron chi connectivity index (χ2n) is 17.7. The van der Waals surface area contributed by atoms with Crippen LogP contribution in [0.3, 0.4) is 0 Å². The maximum atomic E-state index is 12.5. The number of carbonyl (C=O) groups is 4. The second-order valence-corrected chi connectivity index (χ2v) is 21.1. The molecule has 6 rings (SSSR count). The Morgan fingerprint density at radius 3 is 1.24 bits per heavy atom. The number of carbonyl (C=O) groups excluding carboxylic acids is 4. The van der Waals surface area contributed by atoms with E-state index in [2.05, 4.69) is 80.1 Å². The molecular formula is C54H75AlBr4FLiN4O20. The first kappa shape index (κ1) is 86.6. The Morgan fingerprint density at radius 1 is 0.612 bits per heavy atom. The van der Waals surface area contributed by atoms with Gasteiger partial charge < -0.3 is 40.1 Å². The summed E-state index contributed by atoms with van der Waals surface area (Å²) in [6.45, 7) is 16.8. The molecule has 0 amide bonds. The molecule has 24 nitrogen and oxygen atoms in total. The molecular weight excluding hydrogens is 1400 g/mol. The van der Waals surface area contributed by atoms with Gasteiger partial charge in [0.2, 0.25) is 0 Å². The van der Waals surface area contributed by atoms with Gasteiger partial charge in [-0.15, -0.1) is 0 Å². The number of hydrogen-bond donors (Lipinski definition) is 2. The molecule has 0 saturated carbocycles. The summed E-state index contributed by atoms with van der Waals surface area (Å²) in [6.07, 6.45) is 2.56. The molecule has 0 spiro atoms. The Bertz CT molecular complexity index is 2780. The summed E-state index contributed by atoms with van der Waals surface area (Å²) in [5.74, 6) is -3.93. The smallest absolute Gasteiger partial charge is 1.00 e. The molecule has 4 aromatic rings. The Kier molecular flexibility index (Phi) is 43.7. The first-order chi connectivity index (χ1) is 38.0. The molecule has 2 N–H and O–H groups in total. The standard InChI is InChI=1S/C14H16BrNO6.C10H12BrNO4.C10H10BrNO3.C8H14O4.C6H3BrFNO2.C4H8O.2CH4.Al.Li.4H/c1-4-21-12(17)14(3,13(18)22-5-2)10-7-6-9(16(19)20)8-11(10)15;1-10(5-13,6-14)8-3-2-7(12(15)16)4-9(8)11;1-10(5-15-6-10)8-3-2-7(12(13)14)4-9(8)11;1-4-11-7(9)6(3)8(10)12-5-2;7-5-3-4(9(10)11)1-2-6(5)8;1-2-4-5-3-1;;;;;;;;/h6-8H,4-5H2,1-3H3;2-4,13-14H,5-6H2,1H3;2-4H,5-6H2,1H3;6H,4-5H2,1-3H3;1-3H;1-4H2;2*1H4;;;;;;/q;;;;;;;;;+1;;;;-1. The number of nitro benzene ring substituents is 4. The predicted octanol–water partition coefficient (Wildman–Crippen LogP) is 8.23. The number of halogens is 5. The molecule has 0 aromatic heterocycles. The van der Waals surface area contributed by atoms with Gasteiger partial charge in [-0.25, -0.2) is 4.39 Å². The van der Waals surface area contributed by atoms with E-state index in [4.69, 9.17) is 18.9 Å². The van der Waals surface area contributed by atoms with Gasteiger partial charge in [-0.2, -0.15) is 0 Å². The number of hydrogen-bond acceptors (Lipinski definition) is 20. The van der Waals surface area contributed by atoms with Crippen LogP contribution in [-0.2, 0) is 63.8 Å². The number of aliphatic hydroxyl groups excluding tert-OH is 2. The first-order valence-electron chi connectivity index (χ1n) is 24.5. The molecule has 31 heteroatoms. The number of esters is 4. The van der Waals surface area contributed by atoms with Gasteiger partial charge in [-0.3, -0.25) is 59.6 Å². The second kappa shape index (κ2) is 42.9. The summed E-state index contributed by atoms with van der Waals surface area (Å²) in [6, 6.07) is 16.2. The van der Waals surface area contributed by atoms with Crippen LogP contribution in [0.15, 0.2) is 90.7 Å². The quantitative estimate of drug-likeness (QED) is 0.0251. The summed E-state index contributed by atoms with van der Waals surface area (Å²) in [4.78, 5) is 86.4. The molecule has 0 radical (unpaired) electrons. The van der Waals surface area contributed by atoms with E-state index < -0.39 is 66.1 Å². The van der Waals surface area contributed by atoms with Gasteiger partial charge in [-0.05, 0) is 99.1 Å². The Hall–Kier alpha value is -4.82. The number of non-ortho nitro benzene ring substituents is 4. The van der Waals surface area contributed by atoms with Gasteiger partial charge in [0.25, 0.3) is 22.7 Å². The molecule has 2 aliphatic rings. The maximum Gasteiger partial charge on any atom is 1.00 e. The van der Waals surface area contributed by atoms with E-state index in [9.17, 15) is 74.2 Å². The number of aliphatic hydroxyl groups is 2. The van der Waals surface area contributed by atoms with Crippen LogP contribution in [0.1, 0.15) is 101 Å². The van der Waals surface area contributed by atoms with Crippen molar-refractivity contribution in [3.63, 3.8) is 0 Å². The molecule has 2 aliphatic heterocycles. The van der Waals surface area contributed by atoms with Crippen LogP contribution < -0.4 is 18.9 Å². The van der Waals surface area contributed by atoms with Crippen molar-refractivity contribution in [3.8, 4) is 0 Å². The number of ether oxygens (including phenoxy) is 6. The van der Waals surface area contributed by atoms with Crippen molar-refractivity contribution in [2.75, 3.05) is 66.1 Å². The average Bonchev–Trinajstić information content (AvgIpc) is 3.76. The largest absolute Gasteiger partial charge is 1.00 e. The molecule has 2 saturated heterocycles. The summed E-state index contributed by atoms with van der Waals surface area (Å²) in [7, 11) is 0. The van der Waals surface area contributed by atoms with Crippen molar-refractivity contribution < 1.29 is 102 Å². The minimum Gasteiger partial charge on any atom is -1.00 e. The third-order valence-corrected chi connectivity index (χ3v) is 14.0. The van der Waals surface area contributed by atoms with Crippen LogP contribution >= 0.6 is 63.7 Å². The van der Waals surface area contributed by atoms with Gasteiger partial charge >= 0.3 is 42.7 Å². The summed E-state index contributed by atoms with van der Waals surface area (Å²) < 4.78 is 43.4. The average molecular weight is 1470 g/mol. The van der Waals surface area contributed by atoms with Crippen molar-refractivity contribution >= 4 is 128 Å². The van der Waals surface area contributed by atoms with Crippen molar-refractivity contribution in [2.45, 2.75) is 99.3 Å². The van der Waals surface area contributed by atoms with E-state index in [1.165, 1.54) is 69.2 Å². The van der Waals surface area contributed by atoms with Gasteiger partial charge in [0, 0.05) is 86.0 Å². The number of rotatable bonds is 17. The van der Waals surface area contributed by atoms with Gasteiger partial charge in [0.15, 0.2) is 28.7 Å². The monoisotopic (exact) mass is 1470 g/mol. The van der Waals surface area contributed by atoms with E-state index in [-0.39, 0.29) is 135 Å². The van der Waals surface area contributed by atoms with Crippen LogP contribution in [-0.4, -0.2) is 137 Å². The van der Waals surface area contributed by atoms with E-state index in [1.54, 1.807) is 46.8 Å². The van der Waals surface area contributed by atoms with Crippen LogP contribution in [0, 0.1) is 52.2 Å². The van der Waals surface area contributed by atoms with Gasteiger partial charge in [-0.1, -0.05) is 88.6 Å². The SMILES string of the molecule is C.C.C1CCOC1.CC(CO)(CO)c1ccc([N+](=O)[O-])cc1Br.CC1(c2ccc([N+](=O)[O-])cc2Br)COC1.CCOC(=O)C(C)(C(=O)OCC)c1ccc([N+](=O)[O-])cc1Br.CCOC(=O)C(C)C(=O)OCC.O=[N+]([O-])c1ccc(F)c(Br)c1.[AlH3].[H-].[Li+]. The Labute approximate surface area is 550 Å². The van der Waals surface area contributed by atoms with Gasteiger partial charge in [0.05, 0.1) is 77.0 Å². The molecule has 85 heavy (non-hydrogen) atoms.